The number of fused-ring (bicyclic) bond motifs is 1. The maximum Gasteiger partial charge on any atom is 0.284 e. The summed E-state index contributed by atoms with van der Waals surface area (Å²) >= 11 is 0. The number of amides is 1. The van der Waals surface area contributed by atoms with Crippen molar-refractivity contribution in [2.45, 2.75) is 0 Å². The number of primary amides is 1. The van der Waals surface area contributed by atoms with E-state index in [-0.39, 0.29) is 5.76 Å². The third kappa shape index (κ3) is 1.31. The third-order valence-electron chi connectivity index (χ3n) is 2.05. The molecule has 3 N–H and O–H groups in total. The van der Waals surface area contributed by atoms with Crippen LogP contribution in [0.15, 0.2) is 28.7 Å². The molecule has 1 heterocycles. The molecule has 0 radical (unpaired) electrons. The van der Waals surface area contributed by atoms with Gasteiger partial charge >= 0.3 is 0 Å². The summed E-state index contributed by atoms with van der Waals surface area (Å²) in [7, 11) is 1.83. The first-order valence-corrected chi connectivity index (χ1v) is 4.22. The molecule has 0 aliphatic rings. The molecule has 1 amide bonds. The van der Waals surface area contributed by atoms with E-state index < -0.39 is 5.91 Å². The second kappa shape index (κ2) is 3.06. The van der Waals surface area contributed by atoms with Gasteiger partial charge in [0.2, 0.25) is 0 Å². The fraction of sp³-hybridized carbons (Fsp3) is 0.100. The summed E-state index contributed by atoms with van der Waals surface area (Å²) in [5.74, 6) is -0.361. The topological polar surface area (TPSA) is 68.3 Å². The van der Waals surface area contributed by atoms with Gasteiger partial charge in [0.25, 0.3) is 5.91 Å². The summed E-state index contributed by atoms with van der Waals surface area (Å²) in [6.45, 7) is 0. The predicted molar refractivity (Wildman–Crippen MR) is 54.3 cm³/mol. The Bertz CT molecular complexity index is 488. The fourth-order valence-electron chi connectivity index (χ4n) is 1.32. The van der Waals surface area contributed by atoms with Crippen molar-refractivity contribution in [3.05, 3.63) is 30.0 Å². The summed E-state index contributed by atoms with van der Waals surface area (Å²) < 4.78 is 5.23. The van der Waals surface area contributed by atoms with Crippen LogP contribution < -0.4 is 11.1 Å². The summed E-state index contributed by atoms with van der Waals surface area (Å²) in [4.78, 5) is 10.8. The Morgan fingerprint density at radius 2 is 2.21 bits per heavy atom. The van der Waals surface area contributed by atoms with E-state index in [0.29, 0.717) is 5.58 Å². The van der Waals surface area contributed by atoms with Gasteiger partial charge in [0, 0.05) is 18.1 Å². The number of nitrogens with one attached hydrogen (secondary N) is 1. The van der Waals surface area contributed by atoms with Gasteiger partial charge in [-0.05, 0) is 24.3 Å². The van der Waals surface area contributed by atoms with Gasteiger partial charge < -0.3 is 15.5 Å². The number of benzene rings is 1. The van der Waals surface area contributed by atoms with E-state index in [1.165, 1.54) is 0 Å². The highest BCUT2D eigenvalue weighted by Crippen LogP contribution is 2.22. The van der Waals surface area contributed by atoms with Gasteiger partial charge in [0.15, 0.2) is 5.76 Å². The lowest BCUT2D eigenvalue weighted by molar-refractivity contribution is 0.0976. The number of hydrogen-bond donors (Lipinski definition) is 2. The van der Waals surface area contributed by atoms with Crippen LogP contribution in [0.3, 0.4) is 0 Å². The molecule has 1 aromatic carbocycles. The molecule has 0 fully saturated rings. The molecule has 2 rings (SSSR count). The van der Waals surface area contributed by atoms with Crippen LogP contribution in [0.1, 0.15) is 10.6 Å². The van der Waals surface area contributed by atoms with E-state index in [1.807, 2.05) is 19.2 Å². The summed E-state index contributed by atoms with van der Waals surface area (Å²) in [6.07, 6.45) is 0. The molecule has 1 aromatic heterocycles. The van der Waals surface area contributed by atoms with E-state index in [0.717, 1.165) is 11.1 Å². The largest absolute Gasteiger partial charge is 0.451 e. The second-order valence-electron chi connectivity index (χ2n) is 2.98. The zero-order valence-corrected chi connectivity index (χ0v) is 7.70. The number of rotatable bonds is 2. The Hall–Kier alpha value is -1.97. The van der Waals surface area contributed by atoms with Crippen molar-refractivity contribution < 1.29 is 9.21 Å². The molecule has 0 atom stereocenters. The maximum atomic E-state index is 10.8. The standard InChI is InChI=1S/C10H10N2O2/c1-12-7-2-3-8-6(4-7)5-9(14-8)10(11)13/h2-5,12H,1H3,(H2,11,13). The number of carbonyl (C=O) groups excluding carboxylic acids is 1. The number of nitrogens with two attached hydrogens (primary N) is 1. The summed E-state index contributed by atoms with van der Waals surface area (Å²) in [5, 5.41) is 3.87. The molecule has 2 aromatic rings. The first-order valence-electron chi connectivity index (χ1n) is 4.22. The van der Waals surface area contributed by atoms with Gasteiger partial charge in [0.1, 0.15) is 5.58 Å². The van der Waals surface area contributed by atoms with Crippen LogP contribution in [0.25, 0.3) is 11.0 Å². The van der Waals surface area contributed by atoms with Gasteiger partial charge in [-0.1, -0.05) is 0 Å². The Morgan fingerprint density at radius 3 is 2.86 bits per heavy atom. The Kier molecular flexibility index (Phi) is 1.89. The highest BCUT2D eigenvalue weighted by Gasteiger charge is 2.08. The van der Waals surface area contributed by atoms with Crippen molar-refractivity contribution in [2.24, 2.45) is 5.73 Å². The average Bonchev–Trinajstić information content (AvgIpc) is 2.59. The van der Waals surface area contributed by atoms with Crippen molar-refractivity contribution in [3.8, 4) is 0 Å². The van der Waals surface area contributed by atoms with E-state index in [1.54, 1.807) is 12.1 Å². The monoisotopic (exact) mass is 190 g/mol. The SMILES string of the molecule is CNc1ccc2oc(C(N)=O)cc2c1. The van der Waals surface area contributed by atoms with Crippen molar-refractivity contribution in [2.75, 3.05) is 12.4 Å². The number of furan rings is 1. The van der Waals surface area contributed by atoms with E-state index in [9.17, 15) is 4.79 Å². The molecule has 0 bridgehead atoms. The highest BCUT2D eigenvalue weighted by molar-refractivity contribution is 5.95. The number of anilines is 1. The smallest absolute Gasteiger partial charge is 0.284 e. The van der Waals surface area contributed by atoms with Gasteiger partial charge in [-0.25, -0.2) is 0 Å². The molecule has 14 heavy (non-hydrogen) atoms. The van der Waals surface area contributed by atoms with Crippen molar-refractivity contribution in [1.82, 2.24) is 0 Å². The zero-order valence-electron chi connectivity index (χ0n) is 7.70. The summed E-state index contributed by atoms with van der Waals surface area (Å²) in [5.41, 5.74) is 6.73. The lowest BCUT2D eigenvalue weighted by Crippen LogP contribution is -2.08. The molecular formula is C10H10N2O2. The molecule has 0 aliphatic carbocycles. The Morgan fingerprint density at radius 1 is 1.43 bits per heavy atom. The number of carbonyl (C=O) groups is 1. The lowest BCUT2D eigenvalue weighted by Gasteiger charge is -1.96. The number of hydrogen-bond acceptors (Lipinski definition) is 3. The van der Waals surface area contributed by atoms with Gasteiger partial charge in [-0.15, -0.1) is 0 Å². The first-order chi connectivity index (χ1) is 6.70. The Balaban J connectivity index is 2.60. The summed E-state index contributed by atoms with van der Waals surface area (Å²) in [6, 6.07) is 7.20. The minimum atomic E-state index is -0.549. The van der Waals surface area contributed by atoms with Crippen molar-refractivity contribution >= 4 is 22.6 Å². The van der Waals surface area contributed by atoms with Gasteiger partial charge in [-0.2, -0.15) is 0 Å². The van der Waals surface area contributed by atoms with Gasteiger partial charge in [0.05, 0.1) is 0 Å². The molecule has 0 saturated heterocycles. The maximum absolute atomic E-state index is 10.8. The minimum absolute atomic E-state index is 0.188. The van der Waals surface area contributed by atoms with E-state index >= 15 is 0 Å². The first kappa shape index (κ1) is 8.62. The lowest BCUT2D eigenvalue weighted by atomic mass is 10.2. The van der Waals surface area contributed by atoms with E-state index in [2.05, 4.69) is 5.32 Å². The molecule has 0 aliphatic heterocycles. The van der Waals surface area contributed by atoms with Crippen LogP contribution in [0.5, 0.6) is 0 Å². The molecule has 4 heteroatoms. The van der Waals surface area contributed by atoms with Crippen LogP contribution in [0, 0.1) is 0 Å². The van der Waals surface area contributed by atoms with Crippen molar-refractivity contribution in [3.63, 3.8) is 0 Å². The molecule has 0 saturated carbocycles. The minimum Gasteiger partial charge on any atom is -0.451 e. The van der Waals surface area contributed by atoms with Crippen LogP contribution >= 0.6 is 0 Å². The molecular weight excluding hydrogens is 180 g/mol. The second-order valence-corrected chi connectivity index (χ2v) is 2.98. The molecule has 0 spiro atoms. The zero-order chi connectivity index (χ0) is 10.1. The fourth-order valence-corrected chi connectivity index (χ4v) is 1.32. The third-order valence-corrected chi connectivity index (χ3v) is 2.05. The predicted octanol–water partition coefficient (Wildman–Crippen LogP) is 1.57. The molecule has 72 valence electrons. The van der Waals surface area contributed by atoms with E-state index in [4.69, 9.17) is 10.2 Å². The van der Waals surface area contributed by atoms with Gasteiger partial charge in [-0.3, -0.25) is 4.79 Å². The molecule has 0 unspecified atom stereocenters. The van der Waals surface area contributed by atoms with Crippen LogP contribution in [-0.2, 0) is 0 Å². The van der Waals surface area contributed by atoms with Crippen LogP contribution in [0.2, 0.25) is 0 Å². The Labute approximate surface area is 80.7 Å². The highest BCUT2D eigenvalue weighted by atomic mass is 16.3. The average molecular weight is 190 g/mol. The quantitative estimate of drug-likeness (QED) is 0.755. The molecule has 4 nitrogen and oxygen atoms in total. The van der Waals surface area contributed by atoms with Crippen molar-refractivity contribution in [1.29, 1.82) is 0 Å². The van der Waals surface area contributed by atoms with Crippen LogP contribution in [0.4, 0.5) is 5.69 Å². The van der Waals surface area contributed by atoms with Crippen LogP contribution in [-0.4, -0.2) is 13.0 Å². The normalized spacial score (nSPS) is 10.4.